The van der Waals surface area contributed by atoms with Crippen molar-refractivity contribution in [3.8, 4) is 0 Å². The van der Waals surface area contributed by atoms with Crippen LogP contribution in [0.3, 0.4) is 0 Å². The van der Waals surface area contributed by atoms with Crippen molar-refractivity contribution in [3.63, 3.8) is 0 Å². The molecule has 2 saturated heterocycles. The quantitative estimate of drug-likeness (QED) is 0.564. The Balaban J connectivity index is 1.39. The Morgan fingerprint density at radius 3 is 2.77 bits per heavy atom. The molecule has 1 aromatic heterocycles. The molecule has 0 aliphatic carbocycles. The van der Waals surface area contributed by atoms with E-state index in [-0.39, 0.29) is 43.5 Å². The zero-order valence-electron chi connectivity index (χ0n) is 15.8. The summed E-state index contributed by atoms with van der Waals surface area (Å²) in [6.07, 6.45) is -0.390. The van der Waals surface area contributed by atoms with E-state index in [0.717, 1.165) is 3.79 Å². The van der Waals surface area contributed by atoms with Crippen molar-refractivity contribution in [3.05, 3.63) is 44.8 Å². The number of carbonyl (C=O) groups excluding carboxylic acids is 3. The molecule has 30 heavy (non-hydrogen) atoms. The number of nitrogens with zero attached hydrogens (tertiary/aromatic N) is 2. The summed E-state index contributed by atoms with van der Waals surface area (Å²) >= 11 is 4.69. The second-order valence-electron chi connectivity index (χ2n) is 6.92. The summed E-state index contributed by atoms with van der Waals surface area (Å²) in [5.74, 6) is -0.917. The van der Waals surface area contributed by atoms with Gasteiger partial charge in [0.05, 0.1) is 33.2 Å². The molecule has 2 amide bonds. The Hall–Kier alpha value is -2.30. The maximum absolute atomic E-state index is 14.7. The predicted molar refractivity (Wildman–Crippen MR) is 113 cm³/mol. The van der Waals surface area contributed by atoms with Crippen LogP contribution in [0.4, 0.5) is 20.6 Å². The number of ether oxygens (including phenoxy) is 2. The average Bonchev–Trinajstić information content (AvgIpc) is 3.32. The zero-order valence-corrected chi connectivity index (χ0v) is 18.2. The van der Waals surface area contributed by atoms with Gasteiger partial charge in [-0.1, -0.05) is 0 Å². The summed E-state index contributed by atoms with van der Waals surface area (Å²) in [6.45, 7) is 0.768. The first-order chi connectivity index (χ1) is 14.4. The number of thiophene rings is 1. The normalized spacial score (nSPS) is 19.3. The topological polar surface area (TPSA) is 76.2 Å². The van der Waals surface area contributed by atoms with E-state index in [1.54, 1.807) is 12.1 Å². The molecule has 0 bridgehead atoms. The highest BCUT2D eigenvalue weighted by atomic mass is 79.9. The molecule has 0 unspecified atom stereocenters. The maximum Gasteiger partial charge on any atom is 0.414 e. The highest BCUT2D eigenvalue weighted by molar-refractivity contribution is 9.11. The molecule has 10 heteroatoms. The van der Waals surface area contributed by atoms with Crippen molar-refractivity contribution in [2.24, 2.45) is 0 Å². The fourth-order valence-corrected chi connectivity index (χ4v) is 4.77. The van der Waals surface area contributed by atoms with Gasteiger partial charge in [-0.05, 0) is 52.7 Å². The fraction of sp³-hybridized carbons (Fsp3) is 0.350. The van der Waals surface area contributed by atoms with E-state index in [2.05, 4.69) is 15.9 Å². The third-order valence-corrected chi connectivity index (χ3v) is 6.60. The van der Waals surface area contributed by atoms with Crippen LogP contribution in [0.1, 0.15) is 22.5 Å². The summed E-state index contributed by atoms with van der Waals surface area (Å²) in [6, 6.07) is 7.85. The summed E-state index contributed by atoms with van der Waals surface area (Å²) in [5, 5.41) is 0. The number of halogens is 2. The molecule has 2 fully saturated rings. The first-order valence-electron chi connectivity index (χ1n) is 9.36. The molecular weight excluding hydrogens is 479 g/mol. The highest BCUT2D eigenvalue weighted by Crippen LogP contribution is 2.30. The van der Waals surface area contributed by atoms with E-state index in [9.17, 15) is 18.8 Å². The lowest BCUT2D eigenvalue weighted by molar-refractivity contribution is -0.125. The van der Waals surface area contributed by atoms with E-state index in [4.69, 9.17) is 9.47 Å². The summed E-state index contributed by atoms with van der Waals surface area (Å²) in [5.41, 5.74) is 0.502. The van der Waals surface area contributed by atoms with Crippen molar-refractivity contribution >= 4 is 56.4 Å². The minimum atomic E-state index is -0.600. The minimum absolute atomic E-state index is 0.00854. The Labute approximate surface area is 184 Å². The van der Waals surface area contributed by atoms with Crippen LogP contribution in [-0.4, -0.2) is 50.2 Å². The van der Waals surface area contributed by atoms with Crippen LogP contribution >= 0.6 is 27.3 Å². The predicted octanol–water partition coefficient (Wildman–Crippen LogP) is 4.00. The molecular formula is C20H18BrFN2O5S. The van der Waals surface area contributed by atoms with Gasteiger partial charge < -0.3 is 14.4 Å². The molecule has 4 rings (SSSR count). The number of morpholine rings is 1. The lowest BCUT2D eigenvalue weighted by Crippen LogP contribution is -2.42. The molecule has 0 saturated carbocycles. The van der Waals surface area contributed by atoms with E-state index in [1.165, 1.54) is 33.3 Å². The van der Waals surface area contributed by atoms with Gasteiger partial charge in [0.1, 0.15) is 18.5 Å². The SMILES string of the molecule is O=C(CC[C@H]1CN(c2ccc(N3CCOCC3=O)c(F)c2)C(=O)O1)c1ccc(Br)s1. The van der Waals surface area contributed by atoms with E-state index in [0.29, 0.717) is 23.6 Å². The second-order valence-corrected chi connectivity index (χ2v) is 9.38. The van der Waals surface area contributed by atoms with E-state index < -0.39 is 18.0 Å². The number of ketones is 1. The number of carbonyl (C=O) groups is 3. The first-order valence-corrected chi connectivity index (χ1v) is 11.0. The van der Waals surface area contributed by atoms with E-state index in [1.807, 2.05) is 6.07 Å². The van der Waals surface area contributed by atoms with Crippen molar-refractivity contribution in [2.75, 3.05) is 36.1 Å². The van der Waals surface area contributed by atoms with Crippen molar-refractivity contribution in [1.82, 2.24) is 0 Å². The average molecular weight is 497 g/mol. The van der Waals surface area contributed by atoms with Crippen LogP contribution in [-0.2, 0) is 14.3 Å². The number of anilines is 2. The van der Waals surface area contributed by atoms with Crippen molar-refractivity contribution < 1.29 is 28.2 Å². The van der Waals surface area contributed by atoms with Gasteiger partial charge in [-0.2, -0.15) is 0 Å². The van der Waals surface area contributed by atoms with Gasteiger partial charge in [0.15, 0.2) is 5.78 Å². The third kappa shape index (κ3) is 4.40. The lowest BCUT2D eigenvalue weighted by Gasteiger charge is -2.27. The fourth-order valence-electron chi connectivity index (χ4n) is 3.42. The monoisotopic (exact) mass is 496 g/mol. The molecule has 7 nitrogen and oxygen atoms in total. The molecule has 2 aliphatic rings. The largest absolute Gasteiger partial charge is 0.444 e. The highest BCUT2D eigenvalue weighted by Gasteiger charge is 2.33. The number of hydrogen-bond acceptors (Lipinski definition) is 6. The maximum atomic E-state index is 14.7. The van der Waals surface area contributed by atoms with Gasteiger partial charge in [0, 0.05) is 13.0 Å². The number of Topliss-reactive ketones (excluding diaryl/α,β-unsaturated/α-hetero) is 1. The number of amides is 2. The van der Waals surface area contributed by atoms with Gasteiger partial charge in [-0.25, -0.2) is 9.18 Å². The van der Waals surface area contributed by atoms with Crippen molar-refractivity contribution in [2.45, 2.75) is 18.9 Å². The Kier molecular flexibility index (Phi) is 6.16. The third-order valence-electron chi connectivity index (χ3n) is 4.94. The molecule has 0 spiro atoms. The number of hydrogen-bond donors (Lipinski definition) is 0. The second kappa shape index (κ2) is 8.83. The van der Waals surface area contributed by atoms with Crippen LogP contribution in [0.5, 0.6) is 0 Å². The molecule has 1 aromatic carbocycles. The molecule has 0 radical (unpaired) electrons. The van der Waals surface area contributed by atoms with Gasteiger partial charge >= 0.3 is 6.09 Å². The number of rotatable bonds is 6. The van der Waals surface area contributed by atoms with Gasteiger partial charge in [0.2, 0.25) is 0 Å². The minimum Gasteiger partial charge on any atom is -0.444 e. The standard InChI is InChI=1S/C20H18BrFN2O5S/c21-18-6-5-17(30-18)16(25)4-2-13-10-24(20(27)29-13)12-1-3-15(14(22)9-12)23-7-8-28-11-19(23)26/h1,3,5-6,9,13H,2,4,7-8,10-11H2/t13-/m0/s1. The molecule has 2 aromatic rings. The molecule has 158 valence electrons. The van der Waals surface area contributed by atoms with Crippen molar-refractivity contribution in [1.29, 1.82) is 0 Å². The van der Waals surface area contributed by atoms with Gasteiger partial charge in [-0.15, -0.1) is 11.3 Å². The smallest absolute Gasteiger partial charge is 0.414 e. The number of benzene rings is 1. The van der Waals surface area contributed by atoms with Crippen LogP contribution in [0.25, 0.3) is 0 Å². The van der Waals surface area contributed by atoms with Crippen LogP contribution in [0.15, 0.2) is 34.1 Å². The van der Waals surface area contributed by atoms with Gasteiger partial charge in [0.25, 0.3) is 5.91 Å². The lowest BCUT2D eigenvalue weighted by atomic mass is 10.1. The molecule has 0 N–H and O–H groups in total. The molecule has 3 heterocycles. The van der Waals surface area contributed by atoms with Crippen LogP contribution in [0.2, 0.25) is 0 Å². The van der Waals surface area contributed by atoms with E-state index >= 15 is 0 Å². The summed E-state index contributed by atoms with van der Waals surface area (Å²) in [4.78, 5) is 39.8. The first kappa shape index (κ1) is 21.0. The van der Waals surface area contributed by atoms with Crippen LogP contribution < -0.4 is 9.80 Å². The Bertz CT molecular complexity index is 997. The Morgan fingerprint density at radius 1 is 1.23 bits per heavy atom. The zero-order chi connectivity index (χ0) is 21.3. The summed E-state index contributed by atoms with van der Waals surface area (Å²) in [7, 11) is 0. The summed E-state index contributed by atoms with van der Waals surface area (Å²) < 4.78 is 26.0. The molecule has 2 aliphatic heterocycles. The van der Waals surface area contributed by atoms with Crippen LogP contribution in [0, 0.1) is 5.82 Å². The number of cyclic esters (lactones) is 1. The molecule has 1 atom stereocenters. The Morgan fingerprint density at radius 2 is 2.07 bits per heavy atom. The van der Waals surface area contributed by atoms with Gasteiger partial charge in [-0.3, -0.25) is 14.5 Å².